The summed E-state index contributed by atoms with van der Waals surface area (Å²) in [5, 5.41) is 0. The predicted molar refractivity (Wildman–Crippen MR) is 87.2 cm³/mol. The zero-order valence-corrected chi connectivity index (χ0v) is 15.1. The summed E-state index contributed by atoms with van der Waals surface area (Å²) in [4.78, 5) is 0. The second kappa shape index (κ2) is 9.73. The van der Waals surface area contributed by atoms with Gasteiger partial charge in [-0.05, 0) is 33.2 Å². The molecule has 114 valence electrons. The Kier molecular flexibility index (Phi) is 9.67. The first kappa shape index (κ1) is 18.9. The Morgan fingerprint density at radius 2 is 1.84 bits per heavy atom. The van der Waals surface area contributed by atoms with Crippen LogP contribution in [-0.4, -0.2) is 27.2 Å². The van der Waals surface area contributed by atoms with Gasteiger partial charge in [-0.1, -0.05) is 50.9 Å². The van der Waals surface area contributed by atoms with Gasteiger partial charge in [0.2, 0.25) is 0 Å². The minimum Gasteiger partial charge on any atom is -0.356 e. The highest BCUT2D eigenvalue weighted by Crippen LogP contribution is 2.24. The zero-order valence-electron chi connectivity index (χ0n) is 14.1. The topological polar surface area (TPSA) is 18.5 Å². The van der Waals surface area contributed by atoms with Gasteiger partial charge in [-0.25, -0.2) is 0 Å². The monoisotopic (exact) mass is 286 g/mol. The zero-order chi connectivity index (χ0) is 14.9. The van der Waals surface area contributed by atoms with Crippen molar-refractivity contribution in [2.75, 3.05) is 7.11 Å². The first-order valence-corrected chi connectivity index (χ1v) is 10.9. The fraction of sp³-hybridized carbons (Fsp3) is 0.875. The van der Waals surface area contributed by atoms with Crippen LogP contribution in [0.1, 0.15) is 53.4 Å². The number of hydrogen-bond acceptors (Lipinski definition) is 2. The molecule has 0 spiro atoms. The van der Waals surface area contributed by atoms with Crippen molar-refractivity contribution >= 4 is 8.07 Å². The smallest absolute Gasteiger partial charge is 0.154 e. The summed E-state index contributed by atoms with van der Waals surface area (Å²) >= 11 is 0. The van der Waals surface area contributed by atoms with Crippen LogP contribution < -0.4 is 0 Å². The maximum atomic E-state index is 6.15. The minimum atomic E-state index is -1.40. The normalized spacial score (nSPS) is 15.1. The van der Waals surface area contributed by atoms with E-state index in [0.717, 1.165) is 0 Å². The lowest BCUT2D eigenvalue weighted by Gasteiger charge is -2.34. The summed E-state index contributed by atoms with van der Waals surface area (Å²) in [7, 11) is 0.317. The quantitative estimate of drug-likeness (QED) is 0.239. The molecule has 0 aromatic heterocycles. The maximum Gasteiger partial charge on any atom is 0.154 e. The molecule has 0 rings (SSSR count). The number of hydrogen-bond donors (Lipinski definition) is 0. The SMILES string of the molecule is CCCCCC(OC(C)OC)[Si](C)(C)CC=C(C)C. The molecule has 0 heterocycles. The molecule has 0 saturated carbocycles. The molecule has 0 bridgehead atoms. The van der Waals surface area contributed by atoms with Gasteiger partial charge in [0.25, 0.3) is 0 Å². The van der Waals surface area contributed by atoms with Crippen molar-refractivity contribution in [3.8, 4) is 0 Å². The third-order valence-corrected chi connectivity index (χ3v) is 7.09. The van der Waals surface area contributed by atoms with E-state index in [1.807, 2.05) is 6.92 Å². The van der Waals surface area contributed by atoms with Crippen LogP contribution in [-0.2, 0) is 9.47 Å². The van der Waals surface area contributed by atoms with Crippen LogP contribution in [0.3, 0.4) is 0 Å². The third kappa shape index (κ3) is 8.61. The van der Waals surface area contributed by atoms with Gasteiger partial charge in [0.1, 0.15) is 0 Å². The predicted octanol–water partition coefficient (Wildman–Crippen LogP) is 5.16. The molecule has 2 atom stereocenters. The first-order chi connectivity index (χ1) is 8.83. The summed E-state index contributed by atoms with van der Waals surface area (Å²) in [5.74, 6) is 0. The average molecular weight is 287 g/mol. The molecule has 2 nitrogen and oxygen atoms in total. The molecule has 3 heteroatoms. The molecule has 0 aromatic carbocycles. The Bertz CT molecular complexity index is 257. The van der Waals surface area contributed by atoms with Crippen LogP contribution in [0.5, 0.6) is 0 Å². The highest BCUT2D eigenvalue weighted by molar-refractivity contribution is 6.79. The van der Waals surface area contributed by atoms with Gasteiger partial charge in [0.05, 0.1) is 13.8 Å². The number of rotatable bonds is 10. The lowest BCUT2D eigenvalue weighted by molar-refractivity contribution is -0.127. The summed E-state index contributed by atoms with van der Waals surface area (Å²) in [6, 6.07) is 1.20. The molecule has 0 aliphatic carbocycles. The van der Waals surface area contributed by atoms with E-state index in [1.165, 1.54) is 37.3 Å². The van der Waals surface area contributed by atoms with Gasteiger partial charge in [0.15, 0.2) is 6.29 Å². The summed E-state index contributed by atoms with van der Waals surface area (Å²) in [5.41, 5.74) is 1.80. The molecular weight excluding hydrogens is 252 g/mol. The Morgan fingerprint density at radius 3 is 2.32 bits per heavy atom. The van der Waals surface area contributed by atoms with Gasteiger partial charge in [-0.3, -0.25) is 0 Å². The molecule has 0 amide bonds. The lowest BCUT2D eigenvalue weighted by Crippen LogP contribution is -2.44. The fourth-order valence-electron chi connectivity index (χ4n) is 2.11. The van der Waals surface area contributed by atoms with Crippen molar-refractivity contribution in [3.63, 3.8) is 0 Å². The Labute approximate surface area is 121 Å². The van der Waals surface area contributed by atoms with Gasteiger partial charge >= 0.3 is 0 Å². The van der Waals surface area contributed by atoms with Crippen LogP contribution in [0.4, 0.5) is 0 Å². The standard InChI is InChI=1S/C16H34O2Si/c1-8-9-10-11-16(18-15(4)17-5)19(6,7)13-12-14(2)3/h12,15-16H,8-11,13H2,1-7H3. The molecule has 0 aliphatic heterocycles. The van der Waals surface area contributed by atoms with E-state index < -0.39 is 8.07 Å². The van der Waals surface area contributed by atoms with Crippen LogP contribution in [0, 0.1) is 0 Å². The van der Waals surface area contributed by atoms with Crippen LogP contribution in [0.2, 0.25) is 19.1 Å². The fourth-order valence-corrected chi connectivity index (χ4v) is 4.85. The van der Waals surface area contributed by atoms with Crippen LogP contribution in [0.15, 0.2) is 11.6 Å². The molecule has 0 aliphatic rings. The van der Waals surface area contributed by atoms with Gasteiger partial charge < -0.3 is 9.47 Å². The highest BCUT2D eigenvalue weighted by atomic mass is 28.3. The highest BCUT2D eigenvalue weighted by Gasteiger charge is 2.32. The Balaban J connectivity index is 4.62. The van der Waals surface area contributed by atoms with E-state index >= 15 is 0 Å². The van der Waals surface area contributed by atoms with Crippen molar-refractivity contribution < 1.29 is 9.47 Å². The van der Waals surface area contributed by atoms with E-state index in [2.05, 4.69) is 39.9 Å². The molecular formula is C16H34O2Si. The average Bonchev–Trinajstić information content (AvgIpc) is 2.35. The molecule has 19 heavy (non-hydrogen) atoms. The lowest BCUT2D eigenvalue weighted by atomic mass is 10.2. The van der Waals surface area contributed by atoms with E-state index in [4.69, 9.17) is 9.47 Å². The molecule has 0 fully saturated rings. The Hall–Kier alpha value is -0.123. The van der Waals surface area contributed by atoms with Crippen molar-refractivity contribution in [2.45, 2.75) is 84.5 Å². The van der Waals surface area contributed by atoms with Crippen molar-refractivity contribution in [1.82, 2.24) is 0 Å². The molecule has 2 unspecified atom stereocenters. The molecule has 0 radical (unpaired) electrons. The number of unbranched alkanes of at least 4 members (excludes halogenated alkanes) is 2. The van der Waals surface area contributed by atoms with Gasteiger partial charge in [-0.15, -0.1) is 0 Å². The Morgan fingerprint density at radius 1 is 1.21 bits per heavy atom. The van der Waals surface area contributed by atoms with E-state index in [-0.39, 0.29) is 6.29 Å². The second-order valence-corrected chi connectivity index (χ2v) is 11.4. The van der Waals surface area contributed by atoms with Gasteiger partial charge in [0, 0.05) is 7.11 Å². The second-order valence-electron chi connectivity index (χ2n) is 6.40. The summed E-state index contributed by atoms with van der Waals surface area (Å²) in [6.45, 7) is 13.5. The van der Waals surface area contributed by atoms with Crippen molar-refractivity contribution in [2.24, 2.45) is 0 Å². The van der Waals surface area contributed by atoms with E-state index in [1.54, 1.807) is 7.11 Å². The largest absolute Gasteiger partial charge is 0.356 e. The van der Waals surface area contributed by atoms with Crippen LogP contribution >= 0.6 is 0 Å². The van der Waals surface area contributed by atoms with E-state index in [0.29, 0.717) is 5.73 Å². The minimum absolute atomic E-state index is 0.0925. The van der Waals surface area contributed by atoms with E-state index in [9.17, 15) is 0 Å². The number of ether oxygens (including phenoxy) is 2. The molecule has 0 N–H and O–H groups in total. The van der Waals surface area contributed by atoms with Crippen molar-refractivity contribution in [1.29, 1.82) is 0 Å². The van der Waals surface area contributed by atoms with Crippen molar-refractivity contribution in [3.05, 3.63) is 11.6 Å². The summed E-state index contributed by atoms with van der Waals surface area (Å²) < 4.78 is 11.4. The third-order valence-electron chi connectivity index (χ3n) is 3.67. The maximum absolute atomic E-state index is 6.15. The molecule has 0 saturated heterocycles. The number of allylic oxidation sites excluding steroid dienone is 2. The van der Waals surface area contributed by atoms with Crippen LogP contribution in [0.25, 0.3) is 0 Å². The molecule has 0 aromatic rings. The first-order valence-electron chi connectivity index (χ1n) is 7.65. The number of methoxy groups -OCH3 is 1. The van der Waals surface area contributed by atoms with Gasteiger partial charge in [-0.2, -0.15) is 0 Å². The summed E-state index contributed by atoms with van der Waals surface area (Å²) in [6.07, 6.45) is 7.29.